The minimum Gasteiger partial charge on any atom is -0.447 e. The van der Waals surface area contributed by atoms with Crippen LogP contribution in [0.25, 0.3) is 0 Å². The third-order valence-corrected chi connectivity index (χ3v) is 4.89. The van der Waals surface area contributed by atoms with Gasteiger partial charge in [0.2, 0.25) is 5.09 Å². The van der Waals surface area contributed by atoms with E-state index in [0.29, 0.717) is 31.4 Å². The molecule has 1 saturated carbocycles. The molecule has 0 amide bonds. The minimum atomic E-state index is -3.56. The van der Waals surface area contributed by atoms with Crippen molar-refractivity contribution < 1.29 is 17.6 Å². The Morgan fingerprint density at radius 3 is 2.86 bits per heavy atom. The van der Waals surface area contributed by atoms with E-state index in [1.165, 1.54) is 18.9 Å². The van der Waals surface area contributed by atoms with Gasteiger partial charge in [-0.2, -0.15) is 0 Å². The van der Waals surface area contributed by atoms with Gasteiger partial charge in [0.05, 0.1) is 13.2 Å². The Bertz CT molecular complexity index is 537. The number of methoxy groups -OCH3 is 1. The summed E-state index contributed by atoms with van der Waals surface area (Å²) in [6.45, 7) is 3.67. The Morgan fingerprint density at radius 1 is 1.43 bits per heavy atom. The first-order valence-corrected chi connectivity index (χ1v) is 8.80. The van der Waals surface area contributed by atoms with Gasteiger partial charge >= 0.3 is 0 Å². The van der Waals surface area contributed by atoms with Crippen LogP contribution in [0.3, 0.4) is 0 Å². The van der Waals surface area contributed by atoms with Crippen molar-refractivity contribution in [1.29, 1.82) is 0 Å². The Labute approximate surface area is 126 Å². The summed E-state index contributed by atoms with van der Waals surface area (Å²) < 4.78 is 37.4. The van der Waals surface area contributed by atoms with E-state index >= 15 is 0 Å². The van der Waals surface area contributed by atoms with Crippen LogP contribution in [0.1, 0.15) is 31.9 Å². The molecule has 2 N–H and O–H groups in total. The van der Waals surface area contributed by atoms with Crippen LogP contribution in [0, 0.1) is 5.92 Å². The van der Waals surface area contributed by atoms with Crippen LogP contribution in [-0.4, -0.2) is 34.7 Å². The summed E-state index contributed by atoms with van der Waals surface area (Å²) in [5.74, 6) is 1.28. The molecule has 1 aliphatic carbocycles. The first-order valence-electron chi connectivity index (χ1n) is 7.32. The maximum atomic E-state index is 12.2. The summed E-state index contributed by atoms with van der Waals surface area (Å²) >= 11 is 0. The van der Waals surface area contributed by atoms with Crippen LogP contribution in [0.15, 0.2) is 21.6 Å². The molecule has 2 rings (SSSR count). The number of furan rings is 1. The fraction of sp³-hybridized carbons (Fsp3) is 0.714. The summed E-state index contributed by atoms with van der Waals surface area (Å²) in [6, 6.07) is 3.12. The number of hydrogen-bond acceptors (Lipinski definition) is 5. The van der Waals surface area contributed by atoms with Crippen LogP contribution >= 0.6 is 0 Å². The highest BCUT2D eigenvalue weighted by Crippen LogP contribution is 2.33. The molecule has 0 radical (unpaired) electrons. The Morgan fingerprint density at radius 2 is 2.19 bits per heavy atom. The summed E-state index contributed by atoms with van der Waals surface area (Å²) in [6.07, 6.45) is 3.32. The van der Waals surface area contributed by atoms with E-state index in [-0.39, 0.29) is 11.1 Å². The molecular formula is C14H24N2O4S. The average Bonchev–Trinajstić information content (AvgIpc) is 3.07. The zero-order valence-electron chi connectivity index (χ0n) is 12.6. The van der Waals surface area contributed by atoms with E-state index in [0.717, 1.165) is 6.42 Å². The molecule has 1 aromatic rings. The standard InChI is InChI=1S/C14H24N2O4S/c1-11(9-12-3-4-12)16-21(17,18)14-6-5-13(20-14)10-15-7-8-19-2/h5-6,11-12,15-16H,3-4,7-10H2,1-2H3. The number of nitrogens with one attached hydrogen (secondary N) is 2. The van der Waals surface area contributed by atoms with E-state index in [1.807, 2.05) is 6.92 Å². The number of rotatable bonds is 10. The lowest BCUT2D eigenvalue weighted by atomic mass is 10.2. The summed E-state index contributed by atoms with van der Waals surface area (Å²) in [5.41, 5.74) is 0. The van der Waals surface area contributed by atoms with E-state index in [1.54, 1.807) is 13.2 Å². The van der Waals surface area contributed by atoms with Crippen molar-refractivity contribution in [3.05, 3.63) is 17.9 Å². The lowest BCUT2D eigenvalue weighted by molar-refractivity contribution is 0.198. The molecule has 0 aromatic carbocycles. The Kier molecular flexibility index (Phi) is 5.80. The zero-order valence-corrected chi connectivity index (χ0v) is 13.4. The fourth-order valence-corrected chi connectivity index (χ4v) is 3.41. The van der Waals surface area contributed by atoms with Crippen LogP contribution in [0.2, 0.25) is 0 Å². The van der Waals surface area contributed by atoms with E-state index < -0.39 is 10.0 Å². The summed E-state index contributed by atoms with van der Waals surface area (Å²) in [4.78, 5) is 0. The molecular weight excluding hydrogens is 292 g/mol. The van der Waals surface area contributed by atoms with Crippen molar-refractivity contribution in [1.82, 2.24) is 10.0 Å². The van der Waals surface area contributed by atoms with Gasteiger partial charge in [-0.1, -0.05) is 12.8 Å². The molecule has 1 aliphatic rings. The predicted molar refractivity (Wildman–Crippen MR) is 79.4 cm³/mol. The molecule has 1 unspecified atom stereocenters. The molecule has 0 bridgehead atoms. The molecule has 0 saturated heterocycles. The molecule has 7 heteroatoms. The molecule has 1 aromatic heterocycles. The highest BCUT2D eigenvalue weighted by atomic mass is 32.2. The monoisotopic (exact) mass is 316 g/mol. The van der Waals surface area contributed by atoms with Gasteiger partial charge in [-0.25, -0.2) is 13.1 Å². The van der Waals surface area contributed by atoms with Gasteiger partial charge in [-0.15, -0.1) is 0 Å². The SMILES string of the molecule is COCCNCc1ccc(S(=O)(=O)NC(C)CC2CC2)o1. The van der Waals surface area contributed by atoms with Crippen molar-refractivity contribution in [2.45, 2.75) is 43.9 Å². The maximum Gasteiger partial charge on any atom is 0.274 e. The van der Waals surface area contributed by atoms with E-state index in [4.69, 9.17) is 9.15 Å². The van der Waals surface area contributed by atoms with Crippen LogP contribution in [-0.2, 0) is 21.3 Å². The Balaban J connectivity index is 1.85. The maximum absolute atomic E-state index is 12.2. The minimum absolute atomic E-state index is 0.0197. The van der Waals surface area contributed by atoms with Gasteiger partial charge in [0.15, 0.2) is 0 Å². The van der Waals surface area contributed by atoms with E-state index in [2.05, 4.69) is 10.0 Å². The second kappa shape index (κ2) is 7.40. The smallest absolute Gasteiger partial charge is 0.274 e. The second-order valence-electron chi connectivity index (χ2n) is 5.59. The van der Waals surface area contributed by atoms with E-state index in [9.17, 15) is 8.42 Å². The molecule has 1 fully saturated rings. The van der Waals surface area contributed by atoms with Gasteiger partial charge < -0.3 is 14.5 Å². The van der Waals surface area contributed by atoms with Gasteiger partial charge in [0.25, 0.3) is 10.0 Å². The second-order valence-corrected chi connectivity index (χ2v) is 7.24. The zero-order chi connectivity index (χ0) is 15.3. The number of sulfonamides is 1. The summed E-state index contributed by atoms with van der Waals surface area (Å²) in [5, 5.41) is 3.09. The first-order chi connectivity index (χ1) is 10.0. The fourth-order valence-electron chi connectivity index (χ4n) is 2.21. The third kappa shape index (κ3) is 5.43. The molecule has 21 heavy (non-hydrogen) atoms. The molecule has 1 heterocycles. The van der Waals surface area contributed by atoms with Crippen molar-refractivity contribution in [2.24, 2.45) is 5.92 Å². The normalized spacial score (nSPS) is 17.0. The quantitative estimate of drug-likeness (QED) is 0.639. The third-order valence-electron chi connectivity index (χ3n) is 3.42. The molecule has 1 atom stereocenters. The van der Waals surface area contributed by atoms with Crippen molar-refractivity contribution in [3.63, 3.8) is 0 Å². The number of hydrogen-bond donors (Lipinski definition) is 2. The Hall–Kier alpha value is -0.890. The topological polar surface area (TPSA) is 80.6 Å². The predicted octanol–water partition coefficient (Wildman–Crippen LogP) is 1.48. The lowest BCUT2D eigenvalue weighted by Crippen LogP contribution is -2.32. The van der Waals surface area contributed by atoms with Crippen LogP contribution < -0.4 is 10.0 Å². The van der Waals surface area contributed by atoms with Crippen molar-refractivity contribution in [2.75, 3.05) is 20.3 Å². The summed E-state index contributed by atoms with van der Waals surface area (Å²) in [7, 11) is -1.93. The van der Waals surface area contributed by atoms with Gasteiger partial charge in [0, 0.05) is 19.7 Å². The van der Waals surface area contributed by atoms with Gasteiger partial charge in [0.1, 0.15) is 5.76 Å². The van der Waals surface area contributed by atoms with Crippen LogP contribution in [0.4, 0.5) is 0 Å². The van der Waals surface area contributed by atoms with Gasteiger partial charge in [-0.3, -0.25) is 0 Å². The molecule has 0 spiro atoms. The number of ether oxygens (including phenoxy) is 1. The highest BCUT2D eigenvalue weighted by Gasteiger charge is 2.27. The molecule has 120 valence electrons. The average molecular weight is 316 g/mol. The molecule has 0 aliphatic heterocycles. The van der Waals surface area contributed by atoms with Crippen molar-refractivity contribution in [3.8, 4) is 0 Å². The van der Waals surface area contributed by atoms with Crippen molar-refractivity contribution >= 4 is 10.0 Å². The molecule has 6 nitrogen and oxygen atoms in total. The largest absolute Gasteiger partial charge is 0.447 e. The lowest BCUT2D eigenvalue weighted by Gasteiger charge is -2.12. The van der Waals surface area contributed by atoms with Gasteiger partial charge in [-0.05, 0) is 31.4 Å². The van der Waals surface area contributed by atoms with Crippen LogP contribution in [0.5, 0.6) is 0 Å². The first kappa shape index (κ1) is 16.5. The highest BCUT2D eigenvalue weighted by molar-refractivity contribution is 7.89.